The zero-order chi connectivity index (χ0) is 19.5. The number of piperidine rings is 1. The molecule has 3 aromatic rings. The quantitative estimate of drug-likeness (QED) is 0.613. The van der Waals surface area contributed by atoms with E-state index in [4.69, 9.17) is 10.7 Å². The van der Waals surface area contributed by atoms with Gasteiger partial charge in [0.2, 0.25) is 5.91 Å². The van der Waals surface area contributed by atoms with Crippen LogP contribution in [0.25, 0.3) is 9.88 Å². The average Bonchev–Trinajstić information content (AvgIpc) is 3.40. The summed E-state index contributed by atoms with van der Waals surface area (Å²) < 4.78 is 0. The number of para-hydroxylation sites is 2. The largest absolute Gasteiger partial charge is 0.375 e. The number of nitrogens with two attached hydrogens (primary N) is 1. The predicted molar refractivity (Wildman–Crippen MR) is 118 cm³/mol. The molecule has 1 saturated heterocycles. The van der Waals surface area contributed by atoms with Crippen molar-refractivity contribution >= 4 is 40.0 Å². The SMILES string of the molecule is CC(Nc1ccccc1N1CCCC(C(N)=O)C1)c1csc(-c2cccs2)n1. The number of nitrogens with one attached hydrogen (secondary N) is 1. The Labute approximate surface area is 173 Å². The maximum absolute atomic E-state index is 11.7. The Morgan fingerprint density at radius 2 is 2.14 bits per heavy atom. The van der Waals surface area contributed by atoms with Crippen LogP contribution < -0.4 is 16.0 Å². The Morgan fingerprint density at radius 1 is 1.29 bits per heavy atom. The highest BCUT2D eigenvalue weighted by atomic mass is 32.1. The van der Waals surface area contributed by atoms with Crippen molar-refractivity contribution in [3.8, 4) is 9.88 Å². The van der Waals surface area contributed by atoms with E-state index in [0.717, 1.165) is 41.5 Å². The summed E-state index contributed by atoms with van der Waals surface area (Å²) in [5.74, 6) is -0.279. The molecule has 3 heterocycles. The van der Waals surface area contributed by atoms with Crippen LogP contribution in [-0.4, -0.2) is 24.0 Å². The predicted octanol–water partition coefficient (Wildman–Crippen LogP) is 4.75. The molecule has 0 radical (unpaired) electrons. The molecule has 1 amide bonds. The summed E-state index contributed by atoms with van der Waals surface area (Å²) in [6.45, 7) is 3.75. The van der Waals surface area contributed by atoms with E-state index in [1.165, 1.54) is 4.88 Å². The molecule has 0 saturated carbocycles. The smallest absolute Gasteiger partial charge is 0.222 e. The second kappa shape index (κ2) is 8.32. The summed E-state index contributed by atoms with van der Waals surface area (Å²) in [5.41, 5.74) is 8.78. The third-order valence-corrected chi connectivity index (χ3v) is 7.04. The van der Waals surface area contributed by atoms with Crippen molar-refractivity contribution in [1.82, 2.24) is 4.98 Å². The van der Waals surface area contributed by atoms with Crippen LogP contribution in [0, 0.1) is 5.92 Å². The molecule has 5 nitrogen and oxygen atoms in total. The maximum Gasteiger partial charge on any atom is 0.222 e. The van der Waals surface area contributed by atoms with Gasteiger partial charge < -0.3 is 16.0 Å². The van der Waals surface area contributed by atoms with Gasteiger partial charge in [-0.3, -0.25) is 4.79 Å². The number of carbonyl (C=O) groups excluding carboxylic acids is 1. The number of carbonyl (C=O) groups is 1. The van der Waals surface area contributed by atoms with Gasteiger partial charge in [-0.25, -0.2) is 4.98 Å². The number of nitrogens with zero attached hydrogens (tertiary/aromatic N) is 2. The molecule has 1 aromatic carbocycles. The molecular weight excluding hydrogens is 388 g/mol. The highest BCUT2D eigenvalue weighted by Crippen LogP contribution is 2.34. The molecule has 1 fully saturated rings. The summed E-state index contributed by atoms with van der Waals surface area (Å²) in [4.78, 5) is 19.9. The van der Waals surface area contributed by atoms with E-state index in [1.54, 1.807) is 22.7 Å². The average molecular weight is 413 g/mol. The first-order valence-electron chi connectivity index (χ1n) is 9.51. The molecule has 0 bridgehead atoms. The van der Waals surface area contributed by atoms with E-state index in [9.17, 15) is 4.79 Å². The standard InChI is InChI=1S/C21H24N4OS2/c1-14(17-13-28-21(24-17)19-9-5-11-27-19)23-16-7-2-3-8-18(16)25-10-4-6-15(12-25)20(22)26/h2-3,5,7-9,11,13-15,23H,4,6,10,12H2,1H3,(H2,22,26). The van der Waals surface area contributed by atoms with Crippen LogP contribution in [0.3, 0.4) is 0 Å². The second-order valence-electron chi connectivity index (χ2n) is 7.13. The van der Waals surface area contributed by atoms with Gasteiger partial charge in [0, 0.05) is 18.5 Å². The number of anilines is 2. The molecule has 1 aliphatic rings. The first-order valence-corrected chi connectivity index (χ1v) is 11.3. The maximum atomic E-state index is 11.7. The number of benzene rings is 1. The van der Waals surface area contributed by atoms with Crippen LogP contribution in [0.15, 0.2) is 47.2 Å². The summed E-state index contributed by atoms with van der Waals surface area (Å²) in [6.07, 6.45) is 1.86. The topological polar surface area (TPSA) is 71.2 Å². The van der Waals surface area contributed by atoms with Crippen LogP contribution in [0.1, 0.15) is 31.5 Å². The summed E-state index contributed by atoms with van der Waals surface area (Å²) >= 11 is 3.39. The minimum atomic E-state index is -0.202. The minimum absolute atomic E-state index is 0.0777. The van der Waals surface area contributed by atoms with Crippen LogP contribution in [0.4, 0.5) is 11.4 Å². The number of rotatable bonds is 6. The third kappa shape index (κ3) is 4.05. The number of hydrogen-bond acceptors (Lipinski definition) is 6. The van der Waals surface area contributed by atoms with Gasteiger partial charge in [-0.2, -0.15) is 0 Å². The van der Waals surface area contributed by atoms with E-state index >= 15 is 0 Å². The van der Waals surface area contributed by atoms with Gasteiger partial charge in [0.15, 0.2) is 0 Å². The molecule has 146 valence electrons. The fourth-order valence-electron chi connectivity index (χ4n) is 3.61. The fraction of sp³-hybridized carbons (Fsp3) is 0.333. The van der Waals surface area contributed by atoms with E-state index in [-0.39, 0.29) is 17.9 Å². The van der Waals surface area contributed by atoms with Crippen LogP contribution in [0.5, 0.6) is 0 Å². The lowest BCUT2D eigenvalue weighted by molar-refractivity contribution is -0.122. The highest BCUT2D eigenvalue weighted by molar-refractivity contribution is 7.20. The molecule has 0 spiro atoms. The van der Waals surface area contributed by atoms with Gasteiger partial charge in [-0.15, -0.1) is 22.7 Å². The number of amides is 1. The Morgan fingerprint density at radius 3 is 2.93 bits per heavy atom. The fourth-order valence-corrected chi connectivity index (χ4v) is 5.33. The van der Waals surface area contributed by atoms with Crippen molar-refractivity contribution in [3.05, 3.63) is 52.9 Å². The van der Waals surface area contributed by atoms with E-state index in [2.05, 4.69) is 52.2 Å². The van der Waals surface area contributed by atoms with Gasteiger partial charge in [0.25, 0.3) is 0 Å². The minimum Gasteiger partial charge on any atom is -0.375 e. The van der Waals surface area contributed by atoms with E-state index < -0.39 is 0 Å². The summed E-state index contributed by atoms with van der Waals surface area (Å²) in [6, 6.07) is 12.5. The molecule has 7 heteroatoms. The van der Waals surface area contributed by atoms with Gasteiger partial charge in [0.05, 0.1) is 33.9 Å². The number of thiazole rings is 1. The molecule has 4 rings (SSSR count). The summed E-state index contributed by atoms with van der Waals surface area (Å²) in [7, 11) is 0. The Bertz CT molecular complexity index is 938. The first kappa shape index (κ1) is 19.0. The van der Waals surface area contributed by atoms with Gasteiger partial charge in [0.1, 0.15) is 5.01 Å². The molecule has 28 heavy (non-hydrogen) atoms. The Hall–Kier alpha value is -2.38. The lowest BCUT2D eigenvalue weighted by Gasteiger charge is -2.34. The van der Waals surface area contributed by atoms with Crippen LogP contribution >= 0.6 is 22.7 Å². The second-order valence-corrected chi connectivity index (χ2v) is 8.93. The van der Waals surface area contributed by atoms with E-state index in [1.807, 2.05) is 12.1 Å². The molecule has 3 N–H and O–H groups in total. The van der Waals surface area contributed by atoms with Gasteiger partial charge in [-0.1, -0.05) is 18.2 Å². The number of thiophene rings is 1. The van der Waals surface area contributed by atoms with Crippen LogP contribution in [0.2, 0.25) is 0 Å². The van der Waals surface area contributed by atoms with Crippen molar-refractivity contribution in [2.45, 2.75) is 25.8 Å². The first-order chi connectivity index (χ1) is 13.6. The van der Waals surface area contributed by atoms with Crippen molar-refractivity contribution in [1.29, 1.82) is 0 Å². The van der Waals surface area contributed by atoms with E-state index in [0.29, 0.717) is 6.54 Å². The normalized spacial score (nSPS) is 18.0. The lowest BCUT2D eigenvalue weighted by Crippen LogP contribution is -2.41. The Balaban J connectivity index is 1.51. The zero-order valence-electron chi connectivity index (χ0n) is 15.8. The molecule has 2 unspecified atom stereocenters. The van der Waals surface area contributed by atoms with Gasteiger partial charge in [-0.05, 0) is 43.3 Å². The molecule has 1 aliphatic heterocycles. The van der Waals surface area contributed by atoms with Gasteiger partial charge >= 0.3 is 0 Å². The highest BCUT2D eigenvalue weighted by Gasteiger charge is 2.25. The van der Waals surface area contributed by atoms with Crippen LogP contribution in [-0.2, 0) is 4.79 Å². The monoisotopic (exact) mass is 412 g/mol. The Kier molecular flexibility index (Phi) is 5.64. The molecule has 2 aromatic heterocycles. The van der Waals surface area contributed by atoms with Crippen molar-refractivity contribution < 1.29 is 4.79 Å². The molecular formula is C21H24N4OS2. The molecule has 2 atom stereocenters. The number of aromatic nitrogens is 1. The number of primary amides is 1. The third-order valence-electron chi connectivity index (χ3n) is 5.14. The number of hydrogen-bond donors (Lipinski definition) is 2. The zero-order valence-corrected chi connectivity index (χ0v) is 17.4. The van der Waals surface area contributed by atoms with Crippen molar-refractivity contribution in [3.63, 3.8) is 0 Å². The van der Waals surface area contributed by atoms with Crippen molar-refractivity contribution in [2.75, 3.05) is 23.3 Å². The summed E-state index contributed by atoms with van der Waals surface area (Å²) in [5, 5.41) is 8.88. The van der Waals surface area contributed by atoms with Crippen molar-refractivity contribution in [2.24, 2.45) is 11.7 Å². The molecule has 0 aliphatic carbocycles. The lowest BCUT2D eigenvalue weighted by atomic mass is 9.97.